The molecule has 0 aliphatic heterocycles. The van der Waals surface area contributed by atoms with Gasteiger partial charge in [-0.1, -0.05) is 12.1 Å². The van der Waals surface area contributed by atoms with E-state index in [0.717, 1.165) is 24.3 Å². The predicted molar refractivity (Wildman–Crippen MR) is 63.6 cm³/mol. The van der Waals surface area contributed by atoms with Crippen molar-refractivity contribution in [3.05, 3.63) is 39.9 Å². The normalized spacial score (nSPS) is 13.4. The SMILES string of the molecule is O=[N+]([O-])c1cccc(COCC(F)(F)C(F)(F)C(F)(F)C(F)F)c1. The molecule has 0 aromatic heterocycles. The van der Waals surface area contributed by atoms with Gasteiger partial charge in [-0.2, -0.15) is 26.3 Å². The van der Waals surface area contributed by atoms with Crippen molar-refractivity contribution in [2.75, 3.05) is 6.61 Å². The molecule has 1 aromatic carbocycles. The summed E-state index contributed by atoms with van der Waals surface area (Å²) in [5.41, 5.74) is -0.527. The molecule has 0 N–H and O–H groups in total. The first-order valence-electron chi connectivity index (χ1n) is 6.05. The van der Waals surface area contributed by atoms with E-state index in [1.54, 1.807) is 0 Å². The summed E-state index contributed by atoms with van der Waals surface area (Å²) in [7, 11) is 0. The first-order chi connectivity index (χ1) is 10.8. The third-order valence-electron chi connectivity index (χ3n) is 2.83. The summed E-state index contributed by atoms with van der Waals surface area (Å²) in [6, 6.07) is 4.24. The number of nitro benzene ring substituents is 1. The van der Waals surface area contributed by atoms with Gasteiger partial charge in [0.15, 0.2) is 0 Å². The van der Waals surface area contributed by atoms with Crippen molar-refractivity contribution in [2.45, 2.75) is 30.8 Å². The zero-order valence-corrected chi connectivity index (χ0v) is 11.5. The Kier molecular flexibility index (Phi) is 5.74. The van der Waals surface area contributed by atoms with Crippen molar-refractivity contribution < 1.29 is 44.8 Å². The number of hydrogen-bond acceptors (Lipinski definition) is 3. The number of halogens is 8. The molecule has 12 heteroatoms. The summed E-state index contributed by atoms with van der Waals surface area (Å²) in [6.45, 7) is -3.14. The summed E-state index contributed by atoms with van der Waals surface area (Å²) in [5, 5.41) is 10.5. The molecule has 136 valence electrons. The number of hydrogen-bond donors (Lipinski definition) is 0. The number of non-ortho nitro benzene ring substituents is 1. The second-order valence-corrected chi connectivity index (χ2v) is 4.62. The molecule has 4 nitrogen and oxygen atoms in total. The van der Waals surface area contributed by atoms with E-state index in [2.05, 4.69) is 4.74 Å². The number of nitro groups is 1. The van der Waals surface area contributed by atoms with E-state index in [1.165, 1.54) is 0 Å². The van der Waals surface area contributed by atoms with E-state index in [1.807, 2.05) is 0 Å². The lowest BCUT2D eigenvalue weighted by molar-refractivity contribution is -0.385. The topological polar surface area (TPSA) is 52.4 Å². The number of ether oxygens (including phenoxy) is 1. The number of nitrogens with zero attached hydrogens (tertiary/aromatic N) is 1. The smallest absolute Gasteiger partial charge is 0.370 e. The lowest BCUT2D eigenvalue weighted by atomic mass is 10.1. The first kappa shape index (κ1) is 20.1. The highest BCUT2D eigenvalue weighted by molar-refractivity contribution is 5.33. The molecular formula is C12H9F8NO3. The van der Waals surface area contributed by atoms with Crippen LogP contribution in [0.3, 0.4) is 0 Å². The van der Waals surface area contributed by atoms with Crippen molar-refractivity contribution in [3.8, 4) is 0 Å². The van der Waals surface area contributed by atoms with Crippen LogP contribution in [0.1, 0.15) is 5.56 Å². The second-order valence-electron chi connectivity index (χ2n) is 4.62. The Balaban J connectivity index is 2.78. The van der Waals surface area contributed by atoms with E-state index in [4.69, 9.17) is 0 Å². The van der Waals surface area contributed by atoms with Crippen LogP contribution in [0.4, 0.5) is 40.8 Å². The quantitative estimate of drug-likeness (QED) is 0.392. The van der Waals surface area contributed by atoms with E-state index < -0.39 is 48.0 Å². The van der Waals surface area contributed by atoms with Crippen LogP contribution in [-0.2, 0) is 11.3 Å². The van der Waals surface area contributed by atoms with Crippen LogP contribution in [0.15, 0.2) is 24.3 Å². The summed E-state index contributed by atoms with van der Waals surface area (Å²) in [4.78, 5) is 9.66. The zero-order chi connectivity index (χ0) is 18.8. The zero-order valence-electron chi connectivity index (χ0n) is 11.5. The average molecular weight is 367 g/mol. The third kappa shape index (κ3) is 3.91. The molecule has 0 heterocycles. The molecule has 0 aliphatic rings. The van der Waals surface area contributed by atoms with Crippen molar-refractivity contribution in [1.29, 1.82) is 0 Å². The fraction of sp³-hybridized carbons (Fsp3) is 0.500. The number of alkyl halides is 8. The minimum absolute atomic E-state index is 0.0797. The van der Waals surface area contributed by atoms with Gasteiger partial charge in [0.25, 0.3) is 5.69 Å². The Morgan fingerprint density at radius 3 is 2.21 bits per heavy atom. The highest BCUT2D eigenvalue weighted by Gasteiger charge is 2.75. The van der Waals surface area contributed by atoms with Gasteiger partial charge in [-0.25, -0.2) is 8.78 Å². The van der Waals surface area contributed by atoms with E-state index in [9.17, 15) is 45.2 Å². The average Bonchev–Trinajstić information content (AvgIpc) is 2.46. The highest BCUT2D eigenvalue weighted by atomic mass is 19.4. The van der Waals surface area contributed by atoms with Gasteiger partial charge >= 0.3 is 24.2 Å². The minimum atomic E-state index is -6.35. The molecule has 0 radical (unpaired) electrons. The van der Waals surface area contributed by atoms with Gasteiger partial charge < -0.3 is 4.74 Å². The molecule has 0 saturated carbocycles. The standard InChI is InChI=1S/C12H9F8NO3/c13-9(14)11(17,18)12(19,20)10(15,16)6-24-5-7-2-1-3-8(4-7)21(22)23/h1-4,9H,5-6H2. The van der Waals surface area contributed by atoms with E-state index in [0.29, 0.717) is 0 Å². The van der Waals surface area contributed by atoms with Gasteiger partial charge in [0.05, 0.1) is 11.5 Å². The van der Waals surface area contributed by atoms with Crippen LogP contribution in [0.25, 0.3) is 0 Å². The maximum atomic E-state index is 13.2. The maximum absolute atomic E-state index is 13.2. The van der Waals surface area contributed by atoms with Crippen LogP contribution >= 0.6 is 0 Å². The summed E-state index contributed by atoms with van der Waals surface area (Å²) >= 11 is 0. The van der Waals surface area contributed by atoms with Crippen LogP contribution in [0, 0.1) is 10.1 Å². The van der Waals surface area contributed by atoms with Crippen molar-refractivity contribution in [2.24, 2.45) is 0 Å². The van der Waals surface area contributed by atoms with Gasteiger partial charge in [-0.3, -0.25) is 10.1 Å². The first-order valence-corrected chi connectivity index (χ1v) is 6.05. The summed E-state index contributed by atoms with van der Waals surface area (Å²) < 4.78 is 105. The minimum Gasteiger partial charge on any atom is -0.370 e. The second kappa shape index (κ2) is 6.87. The molecule has 24 heavy (non-hydrogen) atoms. The molecule has 0 saturated heterocycles. The van der Waals surface area contributed by atoms with Gasteiger partial charge in [-0.05, 0) is 5.56 Å². The molecule has 0 atom stereocenters. The Bertz CT molecular complexity index is 593. The molecule has 0 amide bonds. The molecule has 1 aromatic rings. The molecular weight excluding hydrogens is 358 g/mol. The largest absolute Gasteiger partial charge is 0.380 e. The van der Waals surface area contributed by atoms with Crippen molar-refractivity contribution >= 4 is 5.69 Å². The van der Waals surface area contributed by atoms with Gasteiger partial charge in [0.1, 0.15) is 6.61 Å². The van der Waals surface area contributed by atoms with Gasteiger partial charge in [0.2, 0.25) is 0 Å². The molecule has 1 rings (SSSR count). The summed E-state index contributed by atoms with van der Waals surface area (Å²) in [6.07, 6.45) is -5.00. The fourth-order valence-corrected chi connectivity index (χ4v) is 1.53. The van der Waals surface area contributed by atoms with E-state index >= 15 is 0 Å². The van der Waals surface area contributed by atoms with Gasteiger partial charge in [0, 0.05) is 12.1 Å². The molecule has 0 aliphatic carbocycles. The van der Waals surface area contributed by atoms with E-state index in [-0.39, 0.29) is 5.56 Å². The fourth-order valence-electron chi connectivity index (χ4n) is 1.53. The predicted octanol–water partition coefficient (Wildman–Crippen LogP) is 4.28. The Morgan fingerprint density at radius 1 is 1.12 bits per heavy atom. The molecule has 0 unspecified atom stereocenters. The lowest BCUT2D eigenvalue weighted by Crippen LogP contribution is -2.59. The Hall–Kier alpha value is -1.98. The number of benzene rings is 1. The molecule has 0 bridgehead atoms. The van der Waals surface area contributed by atoms with Crippen molar-refractivity contribution in [1.82, 2.24) is 0 Å². The Morgan fingerprint density at radius 2 is 1.71 bits per heavy atom. The molecule has 0 fully saturated rings. The van der Waals surface area contributed by atoms with Crippen LogP contribution in [0.5, 0.6) is 0 Å². The third-order valence-corrected chi connectivity index (χ3v) is 2.83. The van der Waals surface area contributed by atoms with Crippen LogP contribution in [0.2, 0.25) is 0 Å². The number of rotatable bonds is 8. The van der Waals surface area contributed by atoms with Gasteiger partial charge in [-0.15, -0.1) is 0 Å². The Labute approximate surface area is 129 Å². The van der Waals surface area contributed by atoms with Crippen LogP contribution < -0.4 is 0 Å². The lowest BCUT2D eigenvalue weighted by Gasteiger charge is -2.32. The monoisotopic (exact) mass is 367 g/mol. The highest BCUT2D eigenvalue weighted by Crippen LogP contribution is 2.48. The van der Waals surface area contributed by atoms with Crippen molar-refractivity contribution in [3.63, 3.8) is 0 Å². The molecule has 0 spiro atoms. The van der Waals surface area contributed by atoms with Crippen LogP contribution in [-0.4, -0.2) is 35.7 Å². The maximum Gasteiger partial charge on any atom is 0.380 e. The summed E-state index contributed by atoms with van der Waals surface area (Å²) in [5.74, 6) is -18.2.